The van der Waals surface area contributed by atoms with Crippen LogP contribution in [0, 0.1) is 0 Å². The first-order valence-electron chi connectivity index (χ1n) is 28.3. The number of nitrogens with zero attached hydrogens (tertiary/aromatic N) is 5. The van der Waals surface area contributed by atoms with E-state index in [0.717, 1.165) is 59.5 Å². The molecule has 4 fully saturated rings. The second kappa shape index (κ2) is 29.1. The van der Waals surface area contributed by atoms with Gasteiger partial charge in [-0.2, -0.15) is 0 Å². The number of guanidine groups is 1. The van der Waals surface area contributed by atoms with Crippen molar-refractivity contribution in [2.75, 3.05) is 62.2 Å². The fourth-order valence-electron chi connectivity index (χ4n) is 10.8. The molecule has 4 heterocycles. The predicted molar refractivity (Wildman–Crippen MR) is 304 cm³/mol. The maximum atomic E-state index is 14.4. The van der Waals surface area contributed by atoms with Gasteiger partial charge < -0.3 is 83.4 Å². The summed E-state index contributed by atoms with van der Waals surface area (Å²) in [6.45, 7) is 6.60. The smallest absolute Gasteiger partial charge is 0.260 e. The van der Waals surface area contributed by atoms with Gasteiger partial charge in [-0.15, -0.1) is 0 Å². The van der Waals surface area contributed by atoms with E-state index in [1.54, 1.807) is 24.3 Å². The topological polar surface area (TPSA) is 353 Å². The number of carbonyl (C=O) groups is 7. The van der Waals surface area contributed by atoms with Crippen molar-refractivity contribution in [1.82, 2.24) is 36.4 Å². The fraction of sp³-hybridized carbons (Fsp3) is 0.544. The number of aliphatic hydroxyl groups excluding tert-OH is 2. The zero-order valence-corrected chi connectivity index (χ0v) is 46.3. The van der Waals surface area contributed by atoms with E-state index >= 15 is 0 Å². The third kappa shape index (κ3) is 16.9. The highest BCUT2D eigenvalue weighted by atomic mass is 16.5. The molecule has 4 aliphatic rings. The van der Waals surface area contributed by atoms with Gasteiger partial charge in [0, 0.05) is 75.6 Å². The number of nitrogens with two attached hydrogens (primary N) is 3. The summed E-state index contributed by atoms with van der Waals surface area (Å²) in [5.41, 5.74) is 20.6. The summed E-state index contributed by atoms with van der Waals surface area (Å²) in [6.07, 6.45) is 2.56. The molecule has 14 N–H and O–H groups in total. The Balaban J connectivity index is 1.05. The summed E-state index contributed by atoms with van der Waals surface area (Å²) in [4.78, 5) is 110. The van der Waals surface area contributed by atoms with Crippen LogP contribution in [0.25, 0.3) is 0 Å². The van der Waals surface area contributed by atoms with Crippen molar-refractivity contribution in [3.8, 4) is 11.5 Å². The van der Waals surface area contributed by atoms with Crippen molar-refractivity contribution < 1.29 is 53.6 Å². The molecule has 24 nitrogen and oxygen atoms in total. The van der Waals surface area contributed by atoms with Crippen LogP contribution in [0.3, 0.4) is 0 Å². The van der Waals surface area contributed by atoms with Crippen molar-refractivity contribution in [2.45, 2.75) is 146 Å². The van der Waals surface area contributed by atoms with Gasteiger partial charge in [0.25, 0.3) is 11.8 Å². The number of phenols is 1. The van der Waals surface area contributed by atoms with Crippen LogP contribution in [-0.2, 0) is 35.2 Å². The van der Waals surface area contributed by atoms with E-state index in [9.17, 15) is 48.9 Å². The number of unbranched alkanes of at least 4 members (excludes halogenated alkanes) is 5. The molecule has 0 aromatic heterocycles. The molecule has 9 atom stereocenters. The van der Waals surface area contributed by atoms with Crippen LogP contribution in [0.5, 0.6) is 11.5 Å². The Morgan fingerprint density at radius 3 is 2.01 bits per heavy atom. The Morgan fingerprint density at radius 2 is 1.37 bits per heavy atom. The molecule has 7 unspecified atom stereocenters. The fourth-order valence-corrected chi connectivity index (χ4v) is 10.8. The number of benzene rings is 3. The lowest BCUT2D eigenvalue weighted by molar-refractivity contribution is -0.145. The molecule has 3 aromatic carbocycles. The van der Waals surface area contributed by atoms with Crippen LogP contribution in [-0.4, -0.2) is 179 Å². The van der Waals surface area contributed by atoms with E-state index in [1.165, 1.54) is 51.2 Å². The first-order chi connectivity index (χ1) is 38.9. The molecule has 0 bridgehead atoms. The number of aromatic hydroxyl groups is 1. The summed E-state index contributed by atoms with van der Waals surface area (Å²) in [6, 6.07) is 13.6. The Morgan fingerprint density at radius 1 is 0.753 bits per heavy atom. The number of phenolic OH excluding ortho intramolecular Hbond substituents is 1. The summed E-state index contributed by atoms with van der Waals surface area (Å²) in [5, 5.41) is 45.0. The number of amides is 7. The number of aliphatic hydroxyl groups is 2. The largest absolute Gasteiger partial charge is 0.508 e. The quantitative estimate of drug-likeness (QED) is 0.0484. The molecule has 4 saturated heterocycles. The lowest BCUT2D eigenvalue weighted by atomic mass is 10.0. The normalized spacial score (nSPS) is 24.9. The first kappa shape index (κ1) is 60.9. The molecule has 7 amide bonds. The minimum Gasteiger partial charge on any atom is -0.508 e. The maximum Gasteiger partial charge on any atom is 0.260 e. The van der Waals surface area contributed by atoms with Crippen molar-refractivity contribution in [2.24, 2.45) is 22.2 Å². The number of hydrogen-bond acceptors (Lipinski definition) is 15. The van der Waals surface area contributed by atoms with Crippen molar-refractivity contribution in [3.63, 3.8) is 0 Å². The highest BCUT2D eigenvalue weighted by Crippen LogP contribution is 2.26. The average Bonchev–Trinajstić information content (AvgIpc) is 4.15. The van der Waals surface area contributed by atoms with Crippen LogP contribution in [0.4, 0.5) is 11.4 Å². The third-order valence-corrected chi connectivity index (χ3v) is 15.3. The van der Waals surface area contributed by atoms with Gasteiger partial charge in [-0.05, 0) is 105 Å². The monoisotopic (exact) mass is 1120 g/mol. The lowest BCUT2D eigenvalue weighted by Gasteiger charge is -2.37. The molecular formula is C57H81N13O11. The van der Waals surface area contributed by atoms with Gasteiger partial charge in [0.1, 0.15) is 41.7 Å². The molecule has 4 aliphatic heterocycles. The molecule has 0 saturated carbocycles. The van der Waals surface area contributed by atoms with E-state index < -0.39 is 96.0 Å². The van der Waals surface area contributed by atoms with E-state index in [1.807, 2.05) is 24.3 Å². The van der Waals surface area contributed by atoms with Crippen molar-refractivity contribution in [3.05, 3.63) is 83.9 Å². The predicted octanol–water partition coefficient (Wildman–Crippen LogP) is 0.0554. The van der Waals surface area contributed by atoms with Crippen LogP contribution < -0.4 is 58.3 Å². The number of fused-ring (bicyclic) bond motifs is 2. The number of ether oxygens (including phenoxy) is 1. The molecule has 3 aromatic rings. The number of carbonyl (C=O) groups excluding carboxylic acids is 7. The average molecular weight is 1120 g/mol. The van der Waals surface area contributed by atoms with E-state index in [0.29, 0.717) is 12.2 Å². The van der Waals surface area contributed by atoms with E-state index in [-0.39, 0.29) is 75.4 Å². The number of hydrogen-bond donors (Lipinski definition) is 11. The minimum atomic E-state index is -1.73. The van der Waals surface area contributed by atoms with E-state index in [2.05, 4.69) is 60.4 Å². The van der Waals surface area contributed by atoms with Gasteiger partial charge >= 0.3 is 0 Å². The maximum absolute atomic E-state index is 14.4. The summed E-state index contributed by atoms with van der Waals surface area (Å²) < 4.78 is 5.99. The van der Waals surface area contributed by atoms with Crippen LogP contribution in [0.1, 0.15) is 100 Å². The number of piperazine rings is 1. The number of nitrogens with one attached hydrogen (secondary N) is 5. The Bertz CT molecular complexity index is 2650. The van der Waals surface area contributed by atoms with Gasteiger partial charge in [-0.3, -0.25) is 33.6 Å². The molecule has 0 radical (unpaired) electrons. The molecule has 81 heavy (non-hydrogen) atoms. The SMILES string of the molecule is CCCCCCCCOc1ccc(N2CCN(c3ccc(C(=O)NC4CCCNC(=O)C5CC(N=C(N)N)CN5C(=O)C(N)NC(=O)C(CCc5ccc(O)cc5)NC(=O)C5C[C@@H](O)CN5C(=O)C([C@@H](C)O)NC4=O)cc3)CC2)cc1. The van der Waals surface area contributed by atoms with Crippen LogP contribution >= 0.6 is 0 Å². The summed E-state index contributed by atoms with van der Waals surface area (Å²) in [5.74, 6) is -5.06. The number of rotatable bonds is 17. The van der Waals surface area contributed by atoms with Crippen molar-refractivity contribution >= 4 is 58.7 Å². The van der Waals surface area contributed by atoms with Crippen LogP contribution in [0.15, 0.2) is 77.8 Å². The minimum absolute atomic E-state index is 0.00446. The Labute approximate surface area is 472 Å². The second-order valence-corrected chi connectivity index (χ2v) is 21.4. The molecule has 0 spiro atoms. The number of aryl methyl sites for hydroxylation is 1. The third-order valence-electron chi connectivity index (χ3n) is 15.3. The summed E-state index contributed by atoms with van der Waals surface area (Å²) >= 11 is 0. The number of anilines is 2. The zero-order chi connectivity index (χ0) is 58.2. The summed E-state index contributed by atoms with van der Waals surface area (Å²) in [7, 11) is 0. The van der Waals surface area contributed by atoms with Gasteiger partial charge in [0.15, 0.2) is 12.1 Å². The van der Waals surface area contributed by atoms with Crippen LogP contribution in [0.2, 0.25) is 0 Å². The lowest BCUT2D eigenvalue weighted by Crippen LogP contribution is -2.61. The highest BCUT2D eigenvalue weighted by molar-refractivity contribution is 6.00. The second-order valence-electron chi connectivity index (χ2n) is 21.4. The van der Waals surface area contributed by atoms with Gasteiger partial charge in [0.2, 0.25) is 29.5 Å². The molecule has 24 heteroatoms. The highest BCUT2D eigenvalue weighted by Gasteiger charge is 2.45. The Kier molecular flexibility index (Phi) is 21.9. The molecule has 0 aliphatic carbocycles. The van der Waals surface area contributed by atoms with Gasteiger partial charge in [-0.25, -0.2) is 4.99 Å². The Hall–Kier alpha value is -7.70. The zero-order valence-electron chi connectivity index (χ0n) is 46.3. The molecular weight excluding hydrogens is 1040 g/mol. The number of aliphatic imine (C=N–C) groups is 1. The molecule has 440 valence electrons. The van der Waals surface area contributed by atoms with Gasteiger partial charge in [0.05, 0.1) is 24.9 Å². The van der Waals surface area contributed by atoms with E-state index in [4.69, 9.17) is 21.9 Å². The van der Waals surface area contributed by atoms with Gasteiger partial charge in [-0.1, -0.05) is 51.2 Å². The standard InChI is InChI=1S/C57H81N13O11/c1-3-4-5-6-7-8-30-81-43-22-18-40(19-23-43)68-28-26-67(27-29-68)39-16-14-37(15-17-39)50(74)63-44-10-9-25-61-53(77)46-31-38(62-57(59)60)33-69(46)56(80)49(58)66-52(76)45(24-13-36-11-20-41(72)21-12-36)64-54(78)47-32-42(73)34-70(47)55(79)48(35(2)71)65-51(44)75/h11-12,14-23,35,38,42,44-49,71-73H,3-10,13,24-34,58H2,1-2H3,(H,61,77)(H,63,74)(H,64,78)(H,65,75)(H,66,76)(H4,59,60,62)/t35-,38?,42-,44?,45?,46?,47?,48?,49?/m1/s1. The van der Waals surface area contributed by atoms with Crippen molar-refractivity contribution in [1.29, 1.82) is 0 Å². The molecule has 7 rings (SSSR count). The first-order valence-corrected chi connectivity index (χ1v) is 28.3.